The second-order valence-corrected chi connectivity index (χ2v) is 11.0. The van der Waals surface area contributed by atoms with Crippen LogP contribution < -0.4 is 0 Å². The Morgan fingerprint density at radius 3 is 1.73 bits per heavy atom. The number of halogens is 1. The molecule has 0 atom stereocenters. The Morgan fingerprint density at radius 1 is 0.649 bits per heavy atom. The SMILES string of the molecule is CCCCCCCCCCc1ccc(C=O)c(-c2cc(C(=O)Cl)ccc2CCCCCCCCCC)c1. The Bertz CT molecular complexity index is 933. The number of carbonyl (C=O) groups excluding carboxylic acids is 2. The monoisotopic (exact) mass is 524 g/mol. The summed E-state index contributed by atoms with van der Waals surface area (Å²) in [7, 11) is 0. The zero-order valence-electron chi connectivity index (χ0n) is 23.5. The first kappa shape index (κ1) is 31.3. The van der Waals surface area contributed by atoms with E-state index < -0.39 is 5.24 Å². The standard InChI is InChI=1S/C34H49ClO2/c1-3-5-7-9-11-13-15-17-19-28-21-22-31(27-36)32(25-28)33-26-30(34(35)37)24-23-29(33)20-18-16-14-12-10-8-6-4-2/h21-27H,3-20H2,1-2H3. The molecule has 0 spiro atoms. The fraction of sp³-hybridized carbons (Fsp3) is 0.588. The lowest BCUT2D eigenvalue weighted by atomic mass is 9.89. The van der Waals surface area contributed by atoms with Gasteiger partial charge in [0, 0.05) is 11.1 Å². The smallest absolute Gasteiger partial charge is 0.252 e. The van der Waals surface area contributed by atoms with E-state index in [1.807, 2.05) is 24.3 Å². The molecule has 204 valence electrons. The average Bonchev–Trinajstić information content (AvgIpc) is 2.91. The van der Waals surface area contributed by atoms with Gasteiger partial charge in [-0.3, -0.25) is 9.59 Å². The second kappa shape index (κ2) is 19.2. The molecule has 0 amide bonds. The van der Waals surface area contributed by atoms with E-state index in [4.69, 9.17) is 11.6 Å². The van der Waals surface area contributed by atoms with Crippen LogP contribution in [0.4, 0.5) is 0 Å². The molecule has 2 aromatic rings. The molecule has 0 saturated carbocycles. The van der Waals surface area contributed by atoms with Gasteiger partial charge in [0.2, 0.25) is 0 Å². The van der Waals surface area contributed by atoms with Crippen molar-refractivity contribution in [2.24, 2.45) is 0 Å². The third-order valence-electron chi connectivity index (χ3n) is 7.49. The summed E-state index contributed by atoms with van der Waals surface area (Å²) in [6.45, 7) is 4.51. The largest absolute Gasteiger partial charge is 0.298 e. The van der Waals surface area contributed by atoms with Crippen LogP contribution in [0.5, 0.6) is 0 Å². The Balaban J connectivity index is 2.06. The van der Waals surface area contributed by atoms with Gasteiger partial charge in [0.25, 0.3) is 5.24 Å². The highest BCUT2D eigenvalue weighted by molar-refractivity contribution is 6.67. The van der Waals surface area contributed by atoms with Gasteiger partial charge in [0.15, 0.2) is 6.29 Å². The van der Waals surface area contributed by atoms with Crippen molar-refractivity contribution in [3.8, 4) is 11.1 Å². The molecule has 37 heavy (non-hydrogen) atoms. The summed E-state index contributed by atoms with van der Waals surface area (Å²) in [5, 5.41) is -0.456. The summed E-state index contributed by atoms with van der Waals surface area (Å²) in [6.07, 6.45) is 23.5. The van der Waals surface area contributed by atoms with Crippen molar-refractivity contribution in [2.45, 2.75) is 129 Å². The van der Waals surface area contributed by atoms with E-state index >= 15 is 0 Å². The summed E-state index contributed by atoms with van der Waals surface area (Å²) < 4.78 is 0. The van der Waals surface area contributed by atoms with Gasteiger partial charge >= 0.3 is 0 Å². The highest BCUT2D eigenvalue weighted by Crippen LogP contribution is 2.31. The van der Waals surface area contributed by atoms with Crippen molar-refractivity contribution in [3.63, 3.8) is 0 Å². The molecule has 0 fully saturated rings. The molecule has 0 bridgehead atoms. The summed E-state index contributed by atoms with van der Waals surface area (Å²) in [5.41, 5.74) is 5.53. The molecule has 0 aliphatic heterocycles. The molecule has 0 heterocycles. The molecule has 2 rings (SSSR count). The Morgan fingerprint density at radius 2 is 1.19 bits per heavy atom. The minimum absolute atomic E-state index is 0.456. The summed E-state index contributed by atoms with van der Waals surface area (Å²) in [5.74, 6) is 0. The van der Waals surface area contributed by atoms with Gasteiger partial charge in [0.05, 0.1) is 0 Å². The lowest BCUT2D eigenvalue weighted by molar-refractivity contribution is 0.108. The van der Waals surface area contributed by atoms with Crippen LogP contribution in [0.15, 0.2) is 36.4 Å². The van der Waals surface area contributed by atoms with E-state index in [0.717, 1.165) is 36.7 Å². The molecule has 0 aliphatic rings. The summed E-state index contributed by atoms with van der Waals surface area (Å²) in [4.78, 5) is 23.9. The number of carbonyl (C=O) groups is 2. The molecule has 0 saturated heterocycles. The Labute approximate surface area is 231 Å². The Kier molecular flexibility index (Phi) is 16.2. The van der Waals surface area contributed by atoms with Gasteiger partial charge in [-0.05, 0) is 71.7 Å². The van der Waals surface area contributed by atoms with Gasteiger partial charge < -0.3 is 0 Å². The van der Waals surface area contributed by atoms with Gasteiger partial charge in [0.1, 0.15) is 0 Å². The van der Waals surface area contributed by atoms with Crippen LogP contribution in [-0.2, 0) is 12.8 Å². The van der Waals surface area contributed by atoms with Crippen LogP contribution in [0.2, 0.25) is 0 Å². The zero-order chi connectivity index (χ0) is 26.7. The van der Waals surface area contributed by atoms with Crippen LogP contribution in [0.1, 0.15) is 148 Å². The molecule has 0 unspecified atom stereocenters. The van der Waals surface area contributed by atoms with Gasteiger partial charge in [-0.2, -0.15) is 0 Å². The molecule has 0 radical (unpaired) electrons. The molecule has 0 aliphatic carbocycles. The predicted molar refractivity (Wildman–Crippen MR) is 160 cm³/mol. The maximum absolute atomic E-state index is 12.0. The molecular formula is C34H49ClO2. The maximum atomic E-state index is 12.0. The van der Waals surface area contributed by atoms with Gasteiger partial charge in [-0.25, -0.2) is 0 Å². The average molecular weight is 525 g/mol. The molecular weight excluding hydrogens is 476 g/mol. The quantitative estimate of drug-likeness (QED) is 0.0923. The number of unbranched alkanes of at least 4 members (excludes halogenated alkanes) is 14. The zero-order valence-corrected chi connectivity index (χ0v) is 24.2. The maximum Gasteiger partial charge on any atom is 0.252 e. The first-order chi connectivity index (χ1) is 18.1. The topological polar surface area (TPSA) is 34.1 Å². The minimum Gasteiger partial charge on any atom is -0.298 e. The van der Waals surface area contributed by atoms with Crippen LogP contribution in [-0.4, -0.2) is 11.5 Å². The van der Waals surface area contributed by atoms with Crippen molar-refractivity contribution in [1.82, 2.24) is 0 Å². The first-order valence-electron chi connectivity index (χ1n) is 15.0. The highest BCUT2D eigenvalue weighted by atomic mass is 35.5. The van der Waals surface area contributed by atoms with E-state index in [1.54, 1.807) is 0 Å². The van der Waals surface area contributed by atoms with Crippen LogP contribution >= 0.6 is 11.6 Å². The van der Waals surface area contributed by atoms with E-state index in [-0.39, 0.29) is 0 Å². The third-order valence-corrected chi connectivity index (χ3v) is 7.71. The van der Waals surface area contributed by atoms with Crippen molar-refractivity contribution >= 4 is 23.1 Å². The number of rotatable bonds is 21. The van der Waals surface area contributed by atoms with Crippen molar-refractivity contribution < 1.29 is 9.59 Å². The fourth-order valence-electron chi connectivity index (χ4n) is 5.17. The molecule has 3 heteroatoms. The van der Waals surface area contributed by atoms with Crippen molar-refractivity contribution in [2.75, 3.05) is 0 Å². The summed E-state index contributed by atoms with van der Waals surface area (Å²) in [6, 6.07) is 11.9. The number of hydrogen-bond acceptors (Lipinski definition) is 2. The van der Waals surface area contributed by atoms with Gasteiger partial charge in [-0.15, -0.1) is 0 Å². The van der Waals surface area contributed by atoms with Crippen molar-refractivity contribution in [3.05, 3.63) is 58.7 Å². The number of hydrogen-bond donors (Lipinski definition) is 0. The summed E-state index contributed by atoms with van der Waals surface area (Å²) >= 11 is 5.85. The molecule has 0 aromatic heterocycles. The van der Waals surface area contributed by atoms with E-state index in [2.05, 4.69) is 26.0 Å². The number of aldehydes is 1. The number of benzene rings is 2. The first-order valence-corrected chi connectivity index (χ1v) is 15.4. The van der Waals surface area contributed by atoms with Gasteiger partial charge in [-0.1, -0.05) is 128 Å². The van der Waals surface area contributed by atoms with Crippen LogP contribution in [0.25, 0.3) is 11.1 Å². The number of aryl methyl sites for hydroxylation is 2. The fourth-order valence-corrected chi connectivity index (χ4v) is 5.29. The third kappa shape index (κ3) is 12.0. The minimum atomic E-state index is -0.456. The van der Waals surface area contributed by atoms with E-state index in [1.165, 1.54) is 107 Å². The lowest BCUT2D eigenvalue weighted by Gasteiger charge is -2.15. The van der Waals surface area contributed by atoms with Crippen LogP contribution in [0.3, 0.4) is 0 Å². The predicted octanol–water partition coefficient (Wildman–Crippen LogP) is 10.9. The Hall–Kier alpha value is -1.93. The molecule has 0 N–H and O–H groups in total. The molecule has 2 aromatic carbocycles. The molecule has 2 nitrogen and oxygen atoms in total. The highest BCUT2D eigenvalue weighted by Gasteiger charge is 2.14. The van der Waals surface area contributed by atoms with Crippen molar-refractivity contribution in [1.29, 1.82) is 0 Å². The normalized spacial score (nSPS) is 11.1. The lowest BCUT2D eigenvalue weighted by Crippen LogP contribution is -1.99. The van der Waals surface area contributed by atoms with E-state index in [9.17, 15) is 9.59 Å². The second-order valence-electron chi connectivity index (χ2n) is 10.6. The van der Waals surface area contributed by atoms with Crippen LogP contribution in [0, 0.1) is 0 Å². The van der Waals surface area contributed by atoms with E-state index in [0.29, 0.717) is 11.1 Å².